The van der Waals surface area contributed by atoms with Crippen molar-refractivity contribution in [1.29, 1.82) is 0 Å². The summed E-state index contributed by atoms with van der Waals surface area (Å²) in [7, 11) is 0. The first-order valence-electron chi connectivity index (χ1n) is 14.2. The number of hydrogen-bond donors (Lipinski definition) is 1. The van der Waals surface area contributed by atoms with Gasteiger partial charge in [0.05, 0.1) is 17.0 Å². The number of benzene rings is 1. The van der Waals surface area contributed by atoms with Gasteiger partial charge in [-0.2, -0.15) is 0 Å². The maximum Gasteiger partial charge on any atom is 0.407 e. The van der Waals surface area contributed by atoms with Crippen LogP contribution in [0.15, 0.2) is 63.1 Å². The molecule has 1 saturated carbocycles. The Labute approximate surface area is 246 Å². The molecule has 11 heteroatoms. The van der Waals surface area contributed by atoms with Gasteiger partial charge in [-0.1, -0.05) is 29.8 Å². The molecule has 1 aromatic rings. The molecule has 6 rings (SSSR count). The maximum absolute atomic E-state index is 14.1. The number of amidine groups is 1. The van der Waals surface area contributed by atoms with Gasteiger partial charge in [0.25, 0.3) is 0 Å². The number of aliphatic imine (C=N–C) groups is 2. The molecule has 1 aromatic carbocycles. The van der Waals surface area contributed by atoms with E-state index in [1.807, 2.05) is 12.2 Å². The monoisotopic (exact) mass is 604 g/mol. The second kappa shape index (κ2) is 12.3. The van der Waals surface area contributed by atoms with Crippen molar-refractivity contribution in [2.45, 2.75) is 74.8 Å². The molecule has 1 N–H and O–H groups in total. The van der Waals surface area contributed by atoms with Gasteiger partial charge in [0.2, 0.25) is 6.43 Å². The number of fused-ring (bicyclic) bond motifs is 1. The molecule has 1 saturated heterocycles. The van der Waals surface area contributed by atoms with Crippen molar-refractivity contribution in [2.75, 3.05) is 13.1 Å². The SMILES string of the molecule is O=C(NC[C@H]1CC2=C(C3=NC(CCC(F)F)C=C3)[C@H](c3ccc(F)cc3Cl)N=C(C3CC=CS3)N2C1)OC1CCC1. The number of alkyl halides is 2. The van der Waals surface area contributed by atoms with E-state index in [4.69, 9.17) is 26.3 Å². The minimum Gasteiger partial charge on any atom is -0.446 e. The van der Waals surface area contributed by atoms with E-state index in [0.717, 1.165) is 42.8 Å². The molecule has 4 heterocycles. The molecule has 0 aromatic heterocycles. The van der Waals surface area contributed by atoms with Crippen LogP contribution in [-0.2, 0) is 4.74 Å². The lowest BCUT2D eigenvalue weighted by atomic mass is 9.90. The number of nitrogens with zero attached hydrogens (tertiary/aromatic N) is 3. The van der Waals surface area contributed by atoms with E-state index in [1.54, 1.807) is 17.8 Å². The zero-order chi connectivity index (χ0) is 28.5. The fraction of sp³-hybridized carbons (Fsp3) is 0.500. The topological polar surface area (TPSA) is 66.3 Å². The van der Waals surface area contributed by atoms with Crippen molar-refractivity contribution in [3.63, 3.8) is 0 Å². The molecule has 218 valence electrons. The van der Waals surface area contributed by atoms with E-state index in [9.17, 15) is 18.0 Å². The number of carbonyl (C=O) groups excluding carboxylic acids is 1. The second-order valence-electron chi connectivity index (χ2n) is 11.1. The third-order valence-corrected chi connectivity index (χ3v) is 9.61. The Balaban J connectivity index is 1.34. The van der Waals surface area contributed by atoms with E-state index in [2.05, 4.69) is 21.7 Å². The highest BCUT2D eigenvalue weighted by atomic mass is 35.5. The van der Waals surface area contributed by atoms with Crippen molar-refractivity contribution < 1.29 is 22.7 Å². The van der Waals surface area contributed by atoms with Crippen LogP contribution in [-0.4, -0.2) is 59.5 Å². The number of alkyl carbamates (subject to hydrolysis) is 1. The molecule has 2 fully saturated rings. The summed E-state index contributed by atoms with van der Waals surface area (Å²) < 4.78 is 45.4. The number of nitrogens with one attached hydrogen (secondary N) is 1. The molecule has 0 radical (unpaired) electrons. The number of ether oxygens (including phenoxy) is 1. The van der Waals surface area contributed by atoms with Crippen LogP contribution >= 0.6 is 23.4 Å². The summed E-state index contributed by atoms with van der Waals surface area (Å²) in [6, 6.07) is 3.46. The number of thioether (sulfide) groups is 1. The minimum atomic E-state index is -2.38. The summed E-state index contributed by atoms with van der Waals surface area (Å²) in [6.45, 7) is 1.11. The van der Waals surface area contributed by atoms with Gasteiger partial charge in [-0.3, -0.25) is 9.98 Å². The molecule has 6 nitrogen and oxygen atoms in total. The molecule has 5 aliphatic rings. The minimum absolute atomic E-state index is 0.0104. The van der Waals surface area contributed by atoms with E-state index in [0.29, 0.717) is 30.8 Å². The Morgan fingerprint density at radius 1 is 1.27 bits per heavy atom. The Hall–Kier alpha value is -2.72. The summed E-state index contributed by atoms with van der Waals surface area (Å²) in [6.07, 6.45) is 7.53. The van der Waals surface area contributed by atoms with Crippen LogP contribution in [0.2, 0.25) is 5.02 Å². The molecule has 0 spiro atoms. The average Bonchev–Trinajstić information content (AvgIpc) is 3.69. The third-order valence-electron chi connectivity index (χ3n) is 8.20. The van der Waals surface area contributed by atoms with E-state index < -0.39 is 18.3 Å². The van der Waals surface area contributed by atoms with Gasteiger partial charge in [-0.05, 0) is 68.1 Å². The number of rotatable bonds is 9. The van der Waals surface area contributed by atoms with E-state index in [-0.39, 0.29) is 47.3 Å². The fourth-order valence-electron chi connectivity index (χ4n) is 5.90. The lowest BCUT2D eigenvalue weighted by molar-refractivity contribution is 0.0519. The highest BCUT2D eigenvalue weighted by Crippen LogP contribution is 2.46. The normalized spacial score (nSPS) is 27.3. The van der Waals surface area contributed by atoms with Crippen molar-refractivity contribution in [3.05, 3.63) is 69.5 Å². The Bertz CT molecular complexity index is 1330. The van der Waals surface area contributed by atoms with Gasteiger partial charge in [-0.25, -0.2) is 18.0 Å². The first-order chi connectivity index (χ1) is 19.9. The molecule has 1 aliphatic carbocycles. The molecule has 4 atom stereocenters. The van der Waals surface area contributed by atoms with E-state index in [1.165, 1.54) is 12.1 Å². The Kier molecular flexibility index (Phi) is 8.49. The highest BCUT2D eigenvalue weighted by molar-refractivity contribution is 8.03. The van der Waals surface area contributed by atoms with Crippen LogP contribution in [0.4, 0.5) is 18.0 Å². The number of hydrogen-bond acceptors (Lipinski definition) is 6. The number of allylic oxidation sites excluding steroid dienone is 3. The number of halogens is 4. The summed E-state index contributed by atoms with van der Waals surface area (Å²) in [5.41, 5.74) is 3.24. The highest BCUT2D eigenvalue weighted by Gasteiger charge is 2.42. The lowest BCUT2D eigenvalue weighted by Crippen LogP contribution is -2.40. The fourth-order valence-corrected chi connectivity index (χ4v) is 7.12. The first-order valence-corrected chi connectivity index (χ1v) is 15.5. The smallest absolute Gasteiger partial charge is 0.407 e. The van der Waals surface area contributed by atoms with Crippen molar-refractivity contribution in [1.82, 2.24) is 10.2 Å². The van der Waals surface area contributed by atoms with Gasteiger partial charge < -0.3 is 15.0 Å². The van der Waals surface area contributed by atoms with E-state index >= 15 is 0 Å². The van der Waals surface area contributed by atoms with Crippen LogP contribution in [0, 0.1) is 11.7 Å². The van der Waals surface area contributed by atoms with Crippen molar-refractivity contribution >= 4 is 41.0 Å². The van der Waals surface area contributed by atoms with Gasteiger partial charge in [0.1, 0.15) is 23.8 Å². The quantitative estimate of drug-likeness (QED) is 0.323. The van der Waals surface area contributed by atoms with Crippen LogP contribution in [0.5, 0.6) is 0 Å². The predicted octanol–water partition coefficient (Wildman–Crippen LogP) is 7.23. The molecule has 0 bridgehead atoms. The van der Waals surface area contributed by atoms with Crippen LogP contribution < -0.4 is 5.32 Å². The molecule has 2 unspecified atom stereocenters. The van der Waals surface area contributed by atoms with Crippen LogP contribution in [0.25, 0.3) is 0 Å². The zero-order valence-electron chi connectivity index (χ0n) is 22.4. The maximum atomic E-state index is 14.1. The van der Waals surface area contributed by atoms with Crippen molar-refractivity contribution in [2.24, 2.45) is 15.9 Å². The molecule has 1 amide bonds. The number of amides is 1. The summed E-state index contributed by atoms with van der Waals surface area (Å²) >= 11 is 8.31. The van der Waals surface area contributed by atoms with Crippen LogP contribution in [0.3, 0.4) is 0 Å². The van der Waals surface area contributed by atoms with Crippen LogP contribution in [0.1, 0.15) is 56.6 Å². The third kappa shape index (κ3) is 6.23. The second-order valence-corrected chi connectivity index (χ2v) is 12.6. The molecular formula is C30H32ClF3N4O2S. The summed E-state index contributed by atoms with van der Waals surface area (Å²) in [5, 5.41) is 5.41. The summed E-state index contributed by atoms with van der Waals surface area (Å²) in [5.74, 6) is 0.582. The molecule has 41 heavy (non-hydrogen) atoms. The first kappa shape index (κ1) is 28.4. The Morgan fingerprint density at radius 3 is 2.83 bits per heavy atom. The Morgan fingerprint density at radius 2 is 2.12 bits per heavy atom. The standard InChI is InChI=1S/C30H32ClF3N4O2S/c31-22-14-18(32)6-9-21(22)28-27(23-10-7-19(36-23)8-11-26(33)34)24-13-17(15-35-30(39)40-20-3-1-4-20)16-38(24)29(37-28)25-5-2-12-41-25/h2,6-7,9-10,12,14,17,19-20,25-26,28H,1,3-5,8,11,13,15-16H2,(H,35,39)/t17-,19?,25?,28+/m1/s1. The molecular weight excluding hydrogens is 573 g/mol. The van der Waals surface area contributed by atoms with Gasteiger partial charge in [0, 0.05) is 41.4 Å². The van der Waals surface area contributed by atoms with Gasteiger partial charge in [0.15, 0.2) is 0 Å². The van der Waals surface area contributed by atoms with Crippen molar-refractivity contribution in [3.8, 4) is 0 Å². The lowest BCUT2D eigenvalue weighted by Gasteiger charge is -2.35. The molecule has 4 aliphatic heterocycles. The number of carbonyl (C=O) groups is 1. The zero-order valence-corrected chi connectivity index (χ0v) is 24.0. The largest absolute Gasteiger partial charge is 0.446 e. The average molecular weight is 605 g/mol. The predicted molar refractivity (Wildman–Crippen MR) is 156 cm³/mol. The summed E-state index contributed by atoms with van der Waals surface area (Å²) in [4.78, 5) is 24.7. The van der Waals surface area contributed by atoms with Gasteiger partial charge >= 0.3 is 6.09 Å². The van der Waals surface area contributed by atoms with Gasteiger partial charge in [-0.15, -0.1) is 11.8 Å².